The number of carboxylic acids is 1. The van der Waals surface area contributed by atoms with Gasteiger partial charge in [-0.15, -0.1) is 0 Å². The van der Waals surface area contributed by atoms with Crippen LogP contribution in [0.25, 0.3) is 0 Å². The van der Waals surface area contributed by atoms with Crippen molar-refractivity contribution >= 4 is 47.3 Å². The Morgan fingerprint density at radius 2 is 1.11 bits per heavy atom. The Labute approximate surface area is 329 Å². The second kappa shape index (κ2) is 23.7. The van der Waals surface area contributed by atoms with Crippen LogP contribution >= 0.6 is 0 Å². The smallest absolute Gasteiger partial charge is 0.326 e. The van der Waals surface area contributed by atoms with Crippen LogP contribution in [0.3, 0.4) is 0 Å². The largest absolute Gasteiger partial charge is 0.508 e. The molecule has 0 aliphatic heterocycles. The second-order valence-electron chi connectivity index (χ2n) is 13.3. The molecule has 20 nitrogen and oxygen atoms in total. The molecule has 57 heavy (non-hydrogen) atoms. The van der Waals surface area contributed by atoms with Crippen molar-refractivity contribution in [3.05, 3.63) is 65.7 Å². The molecular formula is C37H53N9O11. The normalized spacial score (nSPS) is 14.5. The van der Waals surface area contributed by atoms with Gasteiger partial charge in [-0.3, -0.25) is 33.6 Å². The SMILES string of the molecule is C[C@H](NC(=O)[C@H](CO)NC(=O)[C@H](C)NC(=O)[C@@H](N)Cc1ccc(O)cc1)C(=O)N[C@@H](CC(N)=O)C(=O)N[C@@H](Cc1ccccc1)C(=O)N[C@@H](CCCCN)C(=O)O. The Balaban J connectivity index is 2.08. The summed E-state index contributed by atoms with van der Waals surface area (Å²) >= 11 is 0. The number of hydrogen-bond donors (Lipinski definition) is 12. The molecule has 2 rings (SSSR count). The Morgan fingerprint density at radius 3 is 1.65 bits per heavy atom. The van der Waals surface area contributed by atoms with E-state index in [-0.39, 0.29) is 25.0 Å². The van der Waals surface area contributed by atoms with Crippen LogP contribution in [0.2, 0.25) is 0 Å². The number of aliphatic carboxylic acids is 1. The molecule has 0 heterocycles. The quantitative estimate of drug-likeness (QED) is 0.0460. The number of nitrogens with one attached hydrogen (secondary N) is 6. The molecule has 0 saturated carbocycles. The molecule has 0 aliphatic carbocycles. The van der Waals surface area contributed by atoms with Gasteiger partial charge in [0.05, 0.1) is 19.1 Å². The predicted octanol–water partition coefficient (Wildman–Crippen LogP) is -3.47. The zero-order valence-electron chi connectivity index (χ0n) is 31.7. The van der Waals surface area contributed by atoms with Crippen LogP contribution in [0.15, 0.2) is 54.6 Å². The van der Waals surface area contributed by atoms with Gasteiger partial charge in [0.25, 0.3) is 0 Å². The highest BCUT2D eigenvalue weighted by molar-refractivity contribution is 5.98. The number of aliphatic hydroxyl groups is 1. The number of unbranched alkanes of at least 4 members (excludes halogenated alkanes) is 1. The highest BCUT2D eigenvalue weighted by atomic mass is 16.4. The minimum absolute atomic E-state index is 0.0328. The summed E-state index contributed by atoms with van der Waals surface area (Å²) in [5.74, 6) is -7.72. The van der Waals surface area contributed by atoms with Gasteiger partial charge in [-0.25, -0.2) is 4.79 Å². The summed E-state index contributed by atoms with van der Waals surface area (Å²) < 4.78 is 0. The van der Waals surface area contributed by atoms with Crippen molar-refractivity contribution in [2.75, 3.05) is 13.2 Å². The third-order valence-electron chi connectivity index (χ3n) is 8.56. The zero-order valence-corrected chi connectivity index (χ0v) is 31.7. The van der Waals surface area contributed by atoms with Gasteiger partial charge in [-0.2, -0.15) is 0 Å². The lowest BCUT2D eigenvalue weighted by Gasteiger charge is -2.26. The van der Waals surface area contributed by atoms with Gasteiger partial charge >= 0.3 is 5.97 Å². The highest BCUT2D eigenvalue weighted by Gasteiger charge is 2.32. The van der Waals surface area contributed by atoms with Crippen molar-refractivity contribution in [1.82, 2.24) is 31.9 Å². The number of aliphatic hydroxyl groups excluding tert-OH is 1. The standard InChI is InChI=1S/C37H53N9O11/c1-20(41-33(52)25(39)16-23-11-13-24(48)14-12-23)32(51)46-29(19-47)36(55)42-21(2)31(50)44-28(18-30(40)49)35(54)45-27(17-22-8-4-3-5-9-22)34(53)43-26(37(56)57)10-6-7-15-38/h3-5,8-9,11-14,20-21,25-29,47-48H,6-7,10,15-19,38-39H2,1-2H3,(H2,40,49)(H,41,52)(H,42,55)(H,43,53)(H,44,50)(H,45,54)(H,46,51)(H,56,57)/t20-,21-,25-,26-,27-,28-,29-/m0/s1. The number of phenolic OH excluding ortho intramolecular Hbond substituents is 1. The van der Waals surface area contributed by atoms with Crippen molar-refractivity contribution in [3.63, 3.8) is 0 Å². The van der Waals surface area contributed by atoms with Crippen LogP contribution in [-0.2, 0) is 51.2 Å². The minimum atomic E-state index is -1.65. The van der Waals surface area contributed by atoms with Gasteiger partial charge in [0.2, 0.25) is 41.4 Å². The molecule has 0 fully saturated rings. The fourth-order valence-electron chi connectivity index (χ4n) is 5.30. The summed E-state index contributed by atoms with van der Waals surface area (Å²) in [6, 6.07) is 4.86. The summed E-state index contributed by atoms with van der Waals surface area (Å²) in [7, 11) is 0. The van der Waals surface area contributed by atoms with Crippen LogP contribution in [0, 0.1) is 0 Å². The average molecular weight is 800 g/mol. The van der Waals surface area contributed by atoms with E-state index in [2.05, 4.69) is 31.9 Å². The first-order chi connectivity index (χ1) is 26.9. The molecule has 312 valence electrons. The molecule has 0 spiro atoms. The number of rotatable bonds is 24. The average Bonchev–Trinajstić information content (AvgIpc) is 3.16. The Bertz CT molecular complexity index is 1700. The summed E-state index contributed by atoms with van der Waals surface area (Å²) in [5, 5.41) is 43.1. The third-order valence-corrected chi connectivity index (χ3v) is 8.56. The monoisotopic (exact) mass is 799 g/mol. The van der Waals surface area contributed by atoms with E-state index in [1.54, 1.807) is 42.5 Å². The fraction of sp³-hybridized carbons (Fsp3) is 0.459. The number of nitrogens with two attached hydrogens (primary N) is 3. The van der Waals surface area contributed by atoms with Crippen molar-refractivity contribution in [3.8, 4) is 5.75 Å². The topological polar surface area (TPSA) is 347 Å². The lowest BCUT2D eigenvalue weighted by Crippen LogP contribution is -2.60. The third kappa shape index (κ3) is 16.6. The molecule has 2 aromatic carbocycles. The molecule has 15 N–H and O–H groups in total. The van der Waals surface area contributed by atoms with Crippen LogP contribution in [0.4, 0.5) is 0 Å². The van der Waals surface area contributed by atoms with Crippen molar-refractivity contribution in [2.45, 2.75) is 94.7 Å². The van der Waals surface area contributed by atoms with Crippen LogP contribution in [0.5, 0.6) is 5.75 Å². The highest BCUT2D eigenvalue weighted by Crippen LogP contribution is 2.11. The summed E-state index contributed by atoms with van der Waals surface area (Å²) in [5.41, 5.74) is 18.0. The van der Waals surface area contributed by atoms with Gasteiger partial charge in [-0.1, -0.05) is 42.5 Å². The number of phenols is 1. The van der Waals surface area contributed by atoms with Gasteiger partial charge in [-0.05, 0) is 69.3 Å². The summed E-state index contributed by atoms with van der Waals surface area (Å²) in [6.07, 6.45) is 0.268. The van der Waals surface area contributed by atoms with E-state index in [0.717, 1.165) is 0 Å². The first kappa shape index (κ1) is 47.0. The molecule has 0 saturated heterocycles. The minimum Gasteiger partial charge on any atom is -0.508 e. The van der Waals surface area contributed by atoms with E-state index >= 15 is 0 Å². The van der Waals surface area contributed by atoms with E-state index in [9.17, 15) is 53.7 Å². The van der Waals surface area contributed by atoms with E-state index in [1.807, 2.05) is 0 Å². The molecule has 0 bridgehead atoms. The maximum Gasteiger partial charge on any atom is 0.326 e. The molecule has 2 aromatic rings. The fourth-order valence-corrected chi connectivity index (χ4v) is 5.30. The second-order valence-corrected chi connectivity index (χ2v) is 13.3. The number of hydrogen-bond acceptors (Lipinski definition) is 12. The Kier molecular flexibility index (Phi) is 19.6. The van der Waals surface area contributed by atoms with Gasteiger partial charge in [0.15, 0.2) is 0 Å². The molecule has 0 aromatic heterocycles. The molecule has 7 atom stereocenters. The molecule has 0 radical (unpaired) electrons. The van der Waals surface area contributed by atoms with Crippen molar-refractivity contribution in [1.29, 1.82) is 0 Å². The van der Waals surface area contributed by atoms with E-state index < -0.39 is 103 Å². The zero-order chi connectivity index (χ0) is 42.7. The van der Waals surface area contributed by atoms with Crippen LogP contribution in [0.1, 0.15) is 50.7 Å². The van der Waals surface area contributed by atoms with Crippen molar-refractivity contribution < 1.29 is 53.7 Å². The molecule has 7 amide bonds. The summed E-state index contributed by atoms with van der Waals surface area (Å²) in [6.45, 7) is 1.93. The van der Waals surface area contributed by atoms with Gasteiger partial charge in [0, 0.05) is 6.42 Å². The molecule has 0 aliphatic rings. The van der Waals surface area contributed by atoms with Crippen molar-refractivity contribution in [2.24, 2.45) is 17.2 Å². The first-order valence-corrected chi connectivity index (χ1v) is 18.2. The Morgan fingerprint density at radius 1 is 0.614 bits per heavy atom. The number of aromatic hydroxyl groups is 1. The number of carbonyl (C=O) groups is 8. The van der Waals surface area contributed by atoms with E-state index in [0.29, 0.717) is 30.5 Å². The first-order valence-electron chi connectivity index (χ1n) is 18.2. The number of amides is 7. The molecular weight excluding hydrogens is 746 g/mol. The van der Waals surface area contributed by atoms with E-state index in [1.165, 1.54) is 26.0 Å². The van der Waals surface area contributed by atoms with Gasteiger partial charge < -0.3 is 64.4 Å². The maximum atomic E-state index is 13.5. The maximum absolute atomic E-state index is 13.5. The number of benzene rings is 2. The number of primary amides is 1. The Hall–Kier alpha value is -6.12. The van der Waals surface area contributed by atoms with Gasteiger partial charge in [0.1, 0.15) is 42.0 Å². The number of carbonyl (C=O) groups excluding carboxylic acids is 7. The van der Waals surface area contributed by atoms with Crippen LogP contribution < -0.4 is 49.1 Å². The predicted molar refractivity (Wildman–Crippen MR) is 204 cm³/mol. The molecule has 0 unspecified atom stereocenters. The molecule has 20 heteroatoms. The lowest BCUT2D eigenvalue weighted by atomic mass is 10.0. The van der Waals surface area contributed by atoms with Crippen LogP contribution in [-0.4, -0.2) is 118 Å². The summed E-state index contributed by atoms with van der Waals surface area (Å²) in [4.78, 5) is 102. The van der Waals surface area contributed by atoms with E-state index in [4.69, 9.17) is 17.2 Å². The number of carboxylic acid groups (broad SMARTS) is 1. The lowest BCUT2D eigenvalue weighted by molar-refractivity contribution is -0.142.